The Hall–Kier alpha value is -3.40. The van der Waals surface area contributed by atoms with Gasteiger partial charge in [0, 0.05) is 17.6 Å². The molecule has 1 aromatic carbocycles. The summed E-state index contributed by atoms with van der Waals surface area (Å²) < 4.78 is 13.2. The fourth-order valence-electron chi connectivity index (χ4n) is 4.11. The van der Waals surface area contributed by atoms with Crippen LogP contribution in [-0.2, 0) is 11.3 Å². The molecule has 10 heteroatoms. The molecule has 0 saturated carbocycles. The lowest BCUT2D eigenvalue weighted by molar-refractivity contribution is -0.0302. The van der Waals surface area contributed by atoms with Crippen LogP contribution in [0.4, 0.5) is 17.8 Å². The van der Waals surface area contributed by atoms with E-state index in [-0.39, 0.29) is 29.3 Å². The third-order valence-electron chi connectivity index (χ3n) is 5.48. The molecule has 0 spiro atoms. The Kier molecular flexibility index (Phi) is 5.18. The van der Waals surface area contributed by atoms with Crippen molar-refractivity contribution < 1.29 is 9.15 Å². The van der Waals surface area contributed by atoms with Gasteiger partial charge in [0.05, 0.1) is 18.0 Å². The number of fused-ring (bicyclic) bond motifs is 2. The van der Waals surface area contributed by atoms with Gasteiger partial charge >= 0.3 is 0 Å². The van der Waals surface area contributed by atoms with Crippen LogP contribution in [0.2, 0.25) is 0 Å². The summed E-state index contributed by atoms with van der Waals surface area (Å²) in [5.74, 6) is 0.380. The summed E-state index contributed by atoms with van der Waals surface area (Å²) in [6.07, 6.45) is 0.947. The normalized spacial score (nSPS) is 13.3. The molecule has 31 heavy (non-hydrogen) atoms. The highest BCUT2D eigenvalue weighted by Crippen LogP contribution is 2.35. The van der Waals surface area contributed by atoms with E-state index in [0.29, 0.717) is 41.0 Å². The average Bonchev–Trinajstić information content (AvgIpc) is 3.24. The molecule has 1 atom stereocenters. The van der Waals surface area contributed by atoms with Crippen molar-refractivity contribution in [1.29, 1.82) is 0 Å². The molecular formula is C21H28N8O2. The van der Waals surface area contributed by atoms with Crippen LogP contribution in [-0.4, -0.2) is 37.4 Å². The van der Waals surface area contributed by atoms with Crippen LogP contribution < -0.4 is 17.2 Å². The predicted octanol–water partition coefficient (Wildman–Crippen LogP) is 3.22. The van der Waals surface area contributed by atoms with Gasteiger partial charge in [-0.05, 0) is 31.5 Å². The van der Waals surface area contributed by atoms with Gasteiger partial charge in [0.1, 0.15) is 17.0 Å². The van der Waals surface area contributed by atoms with Crippen molar-refractivity contribution in [2.24, 2.45) is 5.41 Å². The molecule has 164 valence electrons. The second kappa shape index (κ2) is 7.69. The Balaban J connectivity index is 1.87. The third kappa shape index (κ3) is 3.74. The maximum Gasteiger partial charge on any atom is 0.292 e. The number of rotatable bonds is 7. The maximum absolute atomic E-state index is 6.26. The molecule has 0 aliphatic carbocycles. The van der Waals surface area contributed by atoms with E-state index >= 15 is 0 Å². The van der Waals surface area contributed by atoms with Crippen molar-refractivity contribution in [2.75, 3.05) is 23.8 Å². The summed E-state index contributed by atoms with van der Waals surface area (Å²) in [7, 11) is 0. The second-order valence-electron chi connectivity index (χ2n) is 8.25. The highest BCUT2D eigenvalue weighted by Gasteiger charge is 2.31. The number of hydrogen-bond donors (Lipinski definition) is 3. The summed E-state index contributed by atoms with van der Waals surface area (Å²) >= 11 is 0. The van der Waals surface area contributed by atoms with Crippen LogP contribution in [0.1, 0.15) is 34.1 Å². The van der Waals surface area contributed by atoms with Crippen molar-refractivity contribution >= 4 is 39.9 Å². The Morgan fingerprint density at radius 2 is 1.90 bits per heavy atom. The lowest BCUT2D eigenvalue weighted by atomic mass is 9.85. The molecule has 0 radical (unpaired) electrons. The monoisotopic (exact) mass is 424 g/mol. The lowest BCUT2D eigenvalue weighted by Crippen LogP contribution is -2.36. The highest BCUT2D eigenvalue weighted by molar-refractivity contribution is 6.00. The van der Waals surface area contributed by atoms with Crippen molar-refractivity contribution in [2.45, 2.75) is 46.8 Å². The van der Waals surface area contributed by atoms with Crippen LogP contribution in [0, 0.1) is 5.41 Å². The minimum absolute atomic E-state index is 0.0613. The van der Waals surface area contributed by atoms with Crippen LogP contribution in [0.3, 0.4) is 0 Å². The smallest absolute Gasteiger partial charge is 0.292 e. The zero-order valence-corrected chi connectivity index (χ0v) is 18.2. The quantitative estimate of drug-likeness (QED) is 0.405. The van der Waals surface area contributed by atoms with Crippen LogP contribution >= 0.6 is 0 Å². The molecule has 0 aliphatic rings. The number of ether oxygens (including phenoxy) is 1. The minimum Gasteiger partial charge on any atom is -0.424 e. The van der Waals surface area contributed by atoms with E-state index in [0.717, 1.165) is 12.0 Å². The van der Waals surface area contributed by atoms with Gasteiger partial charge in [-0.1, -0.05) is 20.8 Å². The van der Waals surface area contributed by atoms with Crippen LogP contribution in [0.15, 0.2) is 22.6 Å². The first-order valence-electron chi connectivity index (χ1n) is 10.3. The summed E-state index contributed by atoms with van der Waals surface area (Å²) in [6.45, 7) is 9.64. The number of hydrogen-bond acceptors (Lipinski definition) is 9. The molecule has 0 saturated heterocycles. The highest BCUT2D eigenvalue weighted by atomic mass is 16.5. The molecule has 0 bridgehead atoms. The first kappa shape index (κ1) is 20.9. The lowest BCUT2D eigenvalue weighted by Gasteiger charge is -2.33. The van der Waals surface area contributed by atoms with Gasteiger partial charge in [0.25, 0.3) is 6.01 Å². The SMILES string of the molecule is CCO[C@@H](CC)C(C)(C)Cn1nc(-c2ccc3oc(N)nc3c2)c2c(N)nc(N)nc21. The van der Waals surface area contributed by atoms with Gasteiger partial charge in [0.15, 0.2) is 11.2 Å². The Bertz CT molecular complexity index is 1240. The number of nitrogens with zero attached hydrogens (tertiary/aromatic N) is 5. The van der Waals surface area contributed by atoms with E-state index in [4.69, 9.17) is 31.5 Å². The summed E-state index contributed by atoms with van der Waals surface area (Å²) in [6, 6.07) is 5.66. The first-order valence-corrected chi connectivity index (χ1v) is 10.3. The Morgan fingerprint density at radius 1 is 1.13 bits per heavy atom. The number of benzene rings is 1. The molecule has 0 amide bonds. The number of aromatic nitrogens is 5. The summed E-state index contributed by atoms with van der Waals surface area (Å²) in [5, 5.41) is 5.51. The van der Waals surface area contributed by atoms with Crippen molar-refractivity contribution in [3.8, 4) is 11.3 Å². The molecule has 0 unspecified atom stereocenters. The zero-order chi connectivity index (χ0) is 22.3. The van der Waals surface area contributed by atoms with Gasteiger partial charge in [-0.3, -0.25) is 0 Å². The van der Waals surface area contributed by atoms with E-state index < -0.39 is 0 Å². The van der Waals surface area contributed by atoms with E-state index in [1.54, 1.807) is 6.07 Å². The number of oxazole rings is 1. The fraction of sp³-hybridized carbons (Fsp3) is 0.429. The van der Waals surface area contributed by atoms with Crippen molar-refractivity contribution in [1.82, 2.24) is 24.7 Å². The standard InChI is InChI=1S/C21H28N8O2/c1-5-14(30-6-2)21(3,4)10-29-18-15(17(22)26-19(23)27-18)16(28-29)11-7-8-13-12(9-11)25-20(24)31-13/h7-9,14H,5-6,10H2,1-4H3,(H2,24,25)(H4,22,23,26,27)/t14-/m0/s1. The minimum atomic E-state index is -0.208. The molecule has 4 rings (SSSR count). The molecular weight excluding hydrogens is 396 g/mol. The van der Waals surface area contributed by atoms with E-state index in [2.05, 4.69) is 35.7 Å². The summed E-state index contributed by atoms with van der Waals surface area (Å²) in [5.41, 5.74) is 20.9. The summed E-state index contributed by atoms with van der Waals surface area (Å²) in [4.78, 5) is 12.8. The van der Waals surface area contributed by atoms with E-state index in [1.165, 1.54) is 0 Å². The van der Waals surface area contributed by atoms with E-state index in [9.17, 15) is 0 Å². The topological polar surface area (TPSA) is 157 Å². The maximum atomic E-state index is 6.26. The first-order chi connectivity index (χ1) is 14.7. The fourth-order valence-corrected chi connectivity index (χ4v) is 4.11. The molecule has 3 heterocycles. The number of anilines is 3. The second-order valence-corrected chi connectivity index (χ2v) is 8.25. The van der Waals surface area contributed by atoms with Crippen molar-refractivity contribution in [3.05, 3.63) is 18.2 Å². The average molecular weight is 425 g/mol. The van der Waals surface area contributed by atoms with Gasteiger partial charge in [-0.25, -0.2) is 4.68 Å². The molecule has 6 N–H and O–H groups in total. The Morgan fingerprint density at radius 3 is 2.61 bits per heavy atom. The van der Waals surface area contributed by atoms with Gasteiger partial charge in [-0.15, -0.1) is 0 Å². The zero-order valence-electron chi connectivity index (χ0n) is 18.2. The largest absolute Gasteiger partial charge is 0.424 e. The van der Waals surface area contributed by atoms with E-state index in [1.807, 2.05) is 23.7 Å². The van der Waals surface area contributed by atoms with Crippen LogP contribution in [0.25, 0.3) is 33.4 Å². The van der Waals surface area contributed by atoms with Crippen molar-refractivity contribution in [3.63, 3.8) is 0 Å². The number of nitrogen functional groups attached to an aromatic ring is 3. The third-order valence-corrected chi connectivity index (χ3v) is 5.48. The van der Waals surface area contributed by atoms with Gasteiger partial charge in [-0.2, -0.15) is 20.1 Å². The predicted molar refractivity (Wildman–Crippen MR) is 121 cm³/mol. The molecule has 4 aromatic rings. The molecule has 0 aliphatic heterocycles. The molecule has 0 fully saturated rings. The number of nitrogens with two attached hydrogens (primary N) is 3. The Labute approximate surface area is 179 Å². The van der Waals surface area contributed by atoms with Gasteiger partial charge in [0.2, 0.25) is 5.95 Å². The van der Waals surface area contributed by atoms with Gasteiger partial charge < -0.3 is 26.4 Å². The molecule has 3 aromatic heterocycles. The van der Waals surface area contributed by atoms with Crippen LogP contribution in [0.5, 0.6) is 0 Å². The molecule has 10 nitrogen and oxygen atoms in total.